The van der Waals surface area contributed by atoms with Gasteiger partial charge in [0.25, 0.3) is 0 Å². The molecule has 1 heterocycles. The summed E-state index contributed by atoms with van der Waals surface area (Å²) in [6.45, 7) is 4.22. The van der Waals surface area contributed by atoms with Gasteiger partial charge in [-0.3, -0.25) is 0 Å². The molecule has 0 fully saturated rings. The largest absolute Gasteiger partial charge is 0.396 e. The van der Waals surface area contributed by atoms with E-state index in [1.807, 2.05) is 0 Å². The van der Waals surface area contributed by atoms with Gasteiger partial charge in [0.2, 0.25) is 0 Å². The number of hydrogen-bond acceptors (Lipinski definition) is 3. The van der Waals surface area contributed by atoms with Crippen molar-refractivity contribution in [3.8, 4) is 10.6 Å². The van der Waals surface area contributed by atoms with E-state index < -0.39 is 0 Å². The number of benzene rings is 1. The van der Waals surface area contributed by atoms with E-state index >= 15 is 0 Å². The molecule has 2 aromatic rings. The highest BCUT2D eigenvalue weighted by Crippen LogP contribution is 2.33. The number of aliphatic hydroxyl groups excluding tert-OH is 1. The van der Waals surface area contributed by atoms with Gasteiger partial charge in [0.1, 0.15) is 9.34 Å². The van der Waals surface area contributed by atoms with Gasteiger partial charge in [-0.15, -0.1) is 11.3 Å². The fourth-order valence-corrected chi connectivity index (χ4v) is 3.05. The Labute approximate surface area is 110 Å². The predicted molar refractivity (Wildman–Crippen MR) is 72.8 cm³/mol. The molecule has 0 radical (unpaired) electrons. The molecule has 1 aromatic carbocycles. The van der Waals surface area contributed by atoms with Gasteiger partial charge in [-0.25, -0.2) is 4.98 Å². The van der Waals surface area contributed by atoms with E-state index in [-0.39, 0.29) is 6.61 Å². The van der Waals surface area contributed by atoms with Gasteiger partial charge in [-0.1, -0.05) is 35.4 Å². The second kappa shape index (κ2) is 5.17. The molecule has 0 unspecified atom stereocenters. The molecular weight excluding hydrogens is 254 g/mol. The summed E-state index contributed by atoms with van der Waals surface area (Å²) in [4.78, 5) is 4.49. The van der Waals surface area contributed by atoms with Crippen LogP contribution in [0.3, 0.4) is 0 Å². The van der Waals surface area contributed by atoms with Gasteiger partial charge >= 0.3 is 0 Å². The number of aliphatic hydroxyl groups is 1. The van der Waals surface area contributed by atoms with Crippen molar-refractivity contribution in [1.82, 2.24) is 4.98 Å². The molecule has 2 rings (SSSR count). The number of aromatic nitrogens is 1. The highest BCUT2D eigenvalue weighted by atomic mass is 35.5. The summed E-state index contributed by atoms with van der Waals surface area (Å²) < 4.78 is 0.675. The molecule has 0 aliphatic rings. The zero-order valence-electron chi connectivity index (χ0n) is 9.83. The summed E-state index contributed by atoms with van der Waals surface area (Å²) >= 11 is 7.57. The van der Waals surface area contributed by atoms with E-state index in [0.717, 1.165) is 16.3 Å². The van der Waals surface area contributed by atoms with Crippen LogP contribution in [0.4, 0.5) is 0 Å². The second-order valence-corrected chi connectivity index (χ2v) is 5.63. The monoisotopic (exact) mass is 267 g/mol. The molecule has 90 valence electrons. The van der Waals surface area contributed by atoms with Crippen molar-refractivity contribution in [3.05, 3.63) is 39.4 Å². The minimum absolute atomic E-state index is 0.0791. The molecule has 17 heavy (non-hydrogen) atoms. The first-order valence-corrected chi connectivity index (χ1v) is 6.65. The van der Waals surface area contributed by atoms with Crippen LogP contribution in [0, 0.1) is 13.8 Å². The van der Waals surface area contributed by atoms with Gasteiger partial charge < -0.3 is 5.11 Å². The Bertz CT molecular complexity index is 536. The minimum atomic E-state index is 0.0791. The summed E-state index contributed by atoms with van der Waals surface area (Å²) in [6, 6.07) is 6.28. The third-order valence-corrected chi connectivity index (χ3v) is 3.98. The molecule has 0 bridgehead atoms. The second-order valence-electron chi connectivity index (χ2n) is 4.03. The third-order valence-electron chi connectivity index (χ3n) is 2.61. The molecule has 1 N–H and O–H groups in total. The molecule has 4 heteroatoms. The van der Waals surface area contributed by atoms with E-state index in [2.05, 4.69) is 37.0 Å². The Hall–Kier alpha value is -0.900. The number of hydrogen-bond donors (Lipinski definition) is 1. The maximum atomic E-state index is 8.92. The first-order chi connectivity index (χ1) is 8.11. The van der Waals surface area contributed by atoms with Crippen molar-refractivity contribution < 1.29 is 5.11 Å². The van der Waals surface area contributed by atoms with Crippen molar-refractivity contribution in [3.63, 3.8) is 0 Å². The standard InChI is InChI=1S/C13H14ClNOS/c1-8-3-4-10(9(2)7-8)13-15-11(5-6-16)12(14)17-13/h3-4,7,16H,5-6H2,1-2H3. The van der Waals surface area contributed by atoms with Gasteiger partial charge in [-0.2, -0.15) is 0 Å². The van der Waals surface area contributed by atoms with Crippen LogP contribution in [0.25, 0.3) is 10.6 Å². The number of nitrogens with zero attached hydrogens (tertiary/aromatic N) is 1. The fourth-order valence-electron chi connectivity index (χ4n) is 1.76. The zero-order chi connectivity index (χ0) is 12.4. The highest BCUT2D eigenvalue weighted by Gasteiger charge is 2.12. The SMILES string of the molecule is Cc1ccc(-c2nc(CCO)c(Cl)s2)c(C)c1. The smallest absolute Gasteiger partial charge is 0.125 e. The van der Waals surface area contributed by atoms with E-state index in [9.17, 15) is 0 Å². The first kappa shape index (κ1) is 12.6. The molecule has 0 saturated carbocycles. The summed E-state index contributed by atoms with van der Waals surface area (Å²) in [7, 11) is 0. The first-order valence-electron chi connectivity index (χ1n) is 5.45. The lowest BCUT2D eigenvalue weighted by atomic mass is 10.1. The average molecular weight is 268 g/mol. The molecule has 0 aliphatic carbocycles. The van der Waals surface area contributed by atoms with E-state index in [1.165, 1.54) is 22.5 Å². The van der Waals surface area contributed by atoms with Crippen LogP contribution in [-0.2, 0) is 6.42 Å². The van der Waals surface area contributed by atoms with E-state index in [0.29, 0.717) is 10.8 Å². The summed E-state index contributed by atoms with van der Waals surface area (Å²) in [5, 5.41) is 9.85. The van der Waals surface area contributed by atoms with E-state index in [4.69, 9.17) is 16.7 Å². The highest BCUT2D eigenvalue weighted by molar-refractivity contribution is 7.19. The lowest BCUT2D eigenvalue weighted by molar-refractivity contribution is 0.298. The minimum Gasteiger partial charge on any atom is -0.396 e. The molecule has 0 atom stereocenters. The normalized spacial score (nSPS) is 10.8. The molecule has 0 amide bonds. The van der Waals surface area contributed by atoms with Crippen molar-refractivity contribution in [2.75, 3.05) is 6.61 Å². The lowest BCUT2D eigenvalue weighted by Gasteiger charge is -2.02. The van der Waals surface area contributed by atoms with Gasteiger partial charge in [0, 0.05) is 18.6 Å². The number of halogens is 1. The summed E-state index contributed by atoms with van der Waals surface area (Å²) in [5.74, 6) is 0. The average Bonchev–Trinajstić information content (AvgIpc) is 2.60. The van der Waals surface area contributed by atoms with Crippen molar-refractivity contribution in [2.24, 2.45) is 0 Å². The van der Waals surface area contributed by atoms with E-state index in [1.54, 1.807) is 0 Å². The number of thiazole rings is 1. The van der Waals surface area contributed by atoms with Gasteiger partial charge in [0.15, 0.2) is 0 Å². The zero-order valence-corrected chi connectivity index (χ0v) is 11.4. The quantitative estimate of drug-likeness (QED) is 0.922. The van der Waals surface area contributed by atoms with Crippen LogP contribution in [0.1, 0.15) is 16.8 Å². The van der Waals surface area contributed by atoms with Crippen LogP contribution < -0.4 is 0 Å². The predicted octanol–water partition coefficient (Wildman–Crippen LogP) is 3.62. The van der Waals surface area contributed by atoms with Crippen molar-refractivity contribution in [1.29, 1.82) is 0 Å². The molecule has 2 nitrogen and oxygen atoms in total. The Morgan fingerprint density at radius 1 is 1.35 bits per heavy atom. The summed E-state index contributed by atoms with van der Waals surface area (Å²) in [6.07, 6.45) is 0.514. The van der Waals surface area contributed by atoms with Crippen LogP contribution >= 0.6 is 22.9 Å². The maximum Gasteiger partial charge on any atom is 0.125 e. The van der Waals surface area contributed by atoms with Crippen LogP contribution in [0.2, 0.25) is 4.34 Å². The summed E-state index contributed by atoms with van der Waals surface area (Å²) in [5.41, 5.74) is 4.34. The molecule has 0 aliphatic heterocycles. The van der Waals surface area contributed by atoms with Crippen LogP contribution in [-0.4, -0.2) is 16.7 Å². The Kier molecular flexibility index (Phi) is 3.82. The van der Waals surface area contributed by atoms with Crippen LogP contribution in [0.15, 0.2) is 18.2 Å². The van der Waals surface area contributed by atoms with Crippen LogP contribution in [0.5, 0.6) is 0 Å². The van der Waals surface area contributed by atoms with Gasteiger partial charge in [-0.05, 0) is 19.4 Å². The van der Waals surface area contributed by atoms with Crippen molar-refractivity contribution >= 4 is 22.9 Å². The van der Waals surface area contributed by atoms with Gasteiger partial charge in [0.05, 0.1) is 5.69 Å². The Morgan fingerprint density at radius 3 is 2.76 bits per heavy atom. The lowest BCUT2D eigenvalue weighted by Crippen LogP contribution is -1.91. The Balaban J connectivity index is 2.42. The Morgan fingerprint density at radius 2 is 2.12 bits per heavy atom. The number of aryl methyl sites for hydroxylation is 2. The molecule has 1 aromatic heterocycles. The molecule has 0 spiro atoms. The maximum absolute atomic E-state index is 8.92. The molecular formula is C13H14ClNOS. The topological polar surface area (TPSA) is 33.1 Å². The fraction of sp³-hybridized carbons (Fsp3) is 0.308. The van der Waals surface area contributed by atoms with Crippen molar-refractivity contribution in [2.45, 2.75) is 20.3 Å². The third kappa shape index (κ3) is 2.68. The molecule has 0 saturated heterocycles. The number of rotatable bonds is 3.